The van der Waals surface area contributed by atoms with Crippen molar-refractivity contribution in [1.29, 1.82) is 5.26 Å². The van der Waals surface area contributed by atoms with E-state index in [1.165, 1.54) is 6.07 Å². The Hall–Kier alpha value is -1.60. The number of nitrogens with zero attached hydrogens (tertiary/aromatic N) is 2. The molecule has 1 aliphatic rings. The van der Waals surface area contributed by atoms with Gasteiger partial charge in [0, 0.05) is 13.1 Å². The zero-order valence-corrected chi connectivity index (χ0v) is 12.0. The van der Waals surface area contributed by atoms with Crippen LogP contribution in [0.25, 0.3) is 0 Å². The summed E-state index contributed by atoms with van der Waals surface area (Å²) in [4.78, 5) is 2.02. The highest BCUT2D eigenvalue weighted by atomic mass is 19.1. The Morgan fingerprint density at radius 1 is 1.50 bits per heavy atom. The molecule has 2 unspecified atom stereocenters. The highest BCUT2D eigenvalue weighted by Crippen LogP contribution is 2.36. The fraction of sp³-hybridized carbons (Fsp3) is 0.562. The number of hydrogen-bond donors (Lipinski definition) is 1. The molecular formula is C16H22FN3. The molecule has 2 rings (SSSR count). The number of nitrogens with two attached hydrogens (primary N) is 1. The van der Waals surface area contributed by atoms with Gasteiger partial charge in [-0.15, -0.1) is 0 Å². The van der Waals surface area contributed by atoms with Crippen molar-refractivity contribution in [3.8, 4) is 6.07 Å². The average molecular weight is 275 g/mol. The third-order valence-corrected chi connectivity index (χ3v) is 4.40. The normalized spacial score (nSPS) is 25.4. The van der Waals surface area contributed by atoms with Crippen LogP contribution in [0.1, 0.15) is 32.6 Å². The van der Waals surface area contributed by atoms with Crippen molar-refractivity contribution in [3.63, 3.8) is 0 Å². The summed E-state index contributed by atoms with van der Waals surface area (Å²) in [6.07, 6.45) is 3.63. The van der Waals surface area contributed by atoms with Crippen molar-refractivity contribution in [2.24, 2.45) is 11.7 Å². The highest BCUT2D eigenvalue weighted by molar-refractivity contribution is 5.47. The number of hydrogen-bond acceptors (Lipinski definition) is 3. The van der Waals surface area contributed by atoms with Crippen molar-refractivity contribution in [2.75, 3.05) is 18.0 Å². The molecule has 0 aliphatic heterocycles. The van der Waals surface area contributed by atoms with E-state index in [-0.39, 0.29) is 11.7 Å². The minimum absolute atomic E-state index is 0.194. The maximum absolute atomic E-state index is 13.8. The number of nitriles is 1. The van der Waals surface area contributed by atoms with Crippen molar-refractivity contribution >= 4 is 5.69 Å². The van der Waals surface area contributed by atoms with E-state index in [9.17, 15) is 9.65 Å². The van der Waals surface area contributed by atoms with Gasteiger partial charge in [-0.2, -0.15) is 5.26 Å². The van der Waals surface area contributed by atoms with Crippen LogP contribution in [0.5, 0.6) is 0 Å². The van der Waals surface area contributed by atoms with E-state index in [1.54, 1.807) is 12.1 Å². The molecule has 1 aromatic rings. The maximum atomic E-state index is 13.8. The molecule has 4 heteroatoms. The fourth-order valence-electron chi connectivity index (χ4n) is 3.12. The van der Waals surface area contributed by atoms with Crippen molar-refractivity contribution in [2.45, 2.75) is 38.1 Å². The summed E-state index contributed by atoms with van der Waals surface area (Å²) in [6, 6.07) is 9.09. The molecule has 108 valence electrons. The lowest BCUT2D eigenvalue weighted by molar-refractivity contribution is 0.374. The van der Waals surface area contributed by atoms with E-state index in [0.717, 1.165) is 38.8 Å². The Bertz CT molecular complexity index is 497. The standard InChI is InChI=1S/C16H22FN3/c1-2-20(15-8-4-3-7-14(15)17)11-9-13-6-5-10-16(13,19)12-18/h3-4,7-8,13H,2,5-6,9-11,19H2,1H3. The molecule has 1 saturated carbocycles. The second-order valence-corrected chi connectivity index (χ2v) is 5.56. The minimum atomic E-state index is -0.686. The Balaban J connectivity index is 2.02. The summed E-state index contributed by atoms with van der Waals surface area (Å²) < 4.78 is 13.8. The van der Waals surface area contributed by atoms with Gasteiger partial charge in [-0.25, -0.2) is 4.39 Å². The monoisotopic (exact) mass is 275 g/mol. The third kappa shape index (κ3) is 2.94. The largest absolute Gasteiger partial charge is 0.369 e. The van der Waals surface area contributed by atoms with Gasteiger partial charge in [0.1, 0.15) is 11.4 Å². The molecule has 0 radical (unpaired) electrons. The summed E-state index contributed by atoms with van der Waals surface area (Å²) in [5.41, 5.74) is 6.09. The molecule has 0 amide bonds. The van der Waals surface area contributed by atoms with E-state index in [2.05, 4.69) is 6.07 Å². The predicted molar refractivity (Wildman–Crippen MR) is 78.8 cm³/mol. The Kier molecular flexibility index (Phi) is 4.61. The van der Waals surface area contributed by atoms with Crippen LogP contribution in [0.15, 0.2) is 24.3 Å². The fourth-order valence-corrected chi connectivity index (χ4v) is 3.12. The molecule has 0 saturated heterocycles. The molecule has 1 aliphatic carbocycles. The first kappa shape index (κ1) is 14.8. The van der Waals surface area contributed by atoms with Crippen molar-refractivity contribution in [3.05, 3.63) is 30.1 Å². The molecule has 20 heavy (non-hydrogen) atoms. The molecule has 1 fully saturated rings. The van der Waals surface area contributed by atoms with Gasteiger partial charge in [0.2, 0.25) is 0 Å². The van der Waals surface area contributed by atoms with E-state index in [0.29, 0.717) is 5.69 Å². The number of para-hydroxylation sites is 1. The summed E-state index contributed by atoms with van der Waals surface area (Å²) >= 11 is 0. The van der Waals surface area contributed by atoms with Crippen LogP contribution in [0.4, 0.5) is 10.1 Å². The summed E-state index contributed by atoms with van der Waals surface area (Å²) in [6.45, 7) is 3.50. The number of halogens is 1. The van der Waals surface area contributed by atoms with Gasteiger partial charge in [0.15, 0.2) is 0 Å². The zero-order chi connectivity index (χ0) is 14.6. The van der Waals surface area contributed by atoms with Gasteiger partial charge in [-0.05, 0) is 44.2 Å². The van der Waals surface area contributed by atoms with Crippen LogP contribution >= 0.6 is 0 Å². The zero-order valence-electron chi connectivity index (χ0n) is 12.0. The van der Waals surface area contributed by atoms with Gasteiger partial charge >= 0.3 is 0 Å². The topological polar surface area (TPSA) is 53.0 Å². The van der Waals surface area contributed by atoms with Crippen LogP contribution in [-0.4, -0.2) is 18.6 Å². The smallest absolute Gasteiger partial charge is 0.146 e. The molecule has 3 nitrogen and oxygen atoms in total. The number of anilines is 1. The van der Waals surface area contributed by atoms with Crippen LogP contribution in [-0.2, 0) is 0 Å². The van der Waals surface area contributed by atoms with Gasteiger partial charge in [0.05, 0.1) is 11.8 Å². The second kappa shape index (κ2) is 6.23. The first-order valence-corrected chi connectivity index (χ1v) is 7.30. The predicted octanol–water partition coefficient (Wildman–Crippen LogP) is 3.06. The van der Waals surface area contributed by atoms with Gasteiger partial charge in [-0.3, -0.25) is 0 Å². The molecule has 2 N–H and O–H groups in total. The van der Waals surface area contributed by atoms with Gasteiger partial charge < -0.3 is 10.6 Å². The van der Waals surface area contributed by atoms with Crippen molar-refractivity contribution < 1.29 is 4.39 Å². The summed E-state index contributed by atoms with van der Waals surface area (Å²) in [5.74, 6) is 0.0217. The Morgan fingerprint density at radius 2 is 2.25 bits per heavy atom. The molecule has 1 aromatic carbocycles. The van der Waals surface area contributed by atoms with Crippen molar-refractivity contribution in [1.82, 2.24) is 0 Å². The lowest BCUT2D eigenvalue weighted by Gasteiger charge is -2.29. The van der Waals surface area contributed by atoms with Gasteiger partial charge in [0.25, 0.3) is 0 Å². The van der Waals surface area contributed by atoms with E-state index in [4.69, 9.17) is 5.73 Å². The molecule has 0 bridgehead atoms. The number of rotatable bonds is 5. The van der Waals surface area contributed by atoms with E-state index in [1.807, 2.05) is 17.9 Å². The highest BCUT2D eigenvalue weighted by Gasteiger charge is 2.39. The average Bonchev–Trinajstić information content (AvgIpc) is 2.83. The van der Waals surface area contributed by atoms with Crippen LogP contribution in [0.2, 0.25) is 0 Å². The van der Waals surface area contributed by atoms with Crippen LogP contribution in [0, 0.1) is 23.1 Å². The Morgan fingerprint density at radius 3 is 2.90 bits per heavy atom. The summed E-state index contributed by atoms with van der Waals surface area (Å²) in [7, 11) is 0. The first-order valence-electron chi connectivity index (χ1n) is 7.30. The lowest BCUT2D eigenvalue weighted by Crippen LogP contribution is -2.43. The SMILES string of the molecule is CCN(CCC1CCCC1(N)C#N)c1ccccc1F. The van der Waals surface area contributed by atoms with Gasteiger partial charge in [-0.1, -0.05) is 18.6 Å². The second-order valence-electron chi connectivity index (χ2n) is 5.56. The van der Waals surface area contributed by atoms with E-state index >= 15 is 0 Å². The minimum Gasteiger partial charge on any atom is -0.369 e. The Labute approximate surface area is 120 Å². The third-order valence-electron chi connectivity index (χ3n) is 4.40. The molecule has 0 heterocycles. The lowest BCUT2D eigenvalue weighted by atomic mass is 9.87. The van der Waals surface area contributed by atoms with Crippen LogP contribution in [0.3, 0.4) is 0 Å². The van der Waals surface area contributed by atoms with E-state index < -0.39 is 5.54 Å². The van der Waals surface area contributed by atoms with Crippen LogP contribution < -0.4 is 10.6 Å². The molecule has 0 spiro atoms. The maximum Gasteiger partial charge on any atom is 0.146 e. The first-order chi connectivity index (χ1) is 9.60. The number of benzene rings is 1. The quantitative estimate of drug-likeness (QED) is 0.898. The molecule has 2 atom stereocenters. The molecule has 0 aromatic heterocycles. The summed E-state index contributed by atoms with van der Waals surface area (Å²) in [5, 5.41) is 9.23. The molecular weight excluding hydrogens is 253 g/mol.